The molecule has 2 aromatic carbocycles. The van der Waals surface area contributed by atoms with Crippen LogP contribution in [0.15, 0.2) is 59.1 Å². The van der Waals surface area contributed by atoms with E-state index < -0.39 is 0 Å². The number of hydrogen-bond acceptors (Lipinski definition) is 4. The number of nitrogens with one attached hydrogen (secondary N) is 1. The quantitative estimate of drug-likeness (QED) is 0.591. The van der Waals surface area contributed by atoms with Crippen molar-refractivity contribution in [3.05, 3.63) is 71.7 Å². The van der Waals surface area contributed by atoms with Crippen LogP contribution in [0.3, 0.4) is 0 Å². The molecule has 0 aliphatic heterocycles. The lowest BCUT2D eigenvalue weighted by Crippen LogP contribution is -2.22. The molecule has 0 atom stereocenters. The number of carbonyl (C=O) groups is 1. The van der Waals surface area contributed by atoms with E-state index in [0.29, 0.717) is 38.2 Å². The first-order valence-corrected chi connectivity index (χ1v) is 9.34. The summed E-state index contributed by atoms with van der Waals surface area (Å²) in [4.78, 5) is 11.9. The smallest absolute Gasteiger partial charge is 0.220 e. The minimum absolute atomic E-state index is 0.0421. The SMILES string of the molecule is CCOc1ccc(-c2cc(CCCC(=O)NCc3ccc(F)cc3)no2)cc1. The van der Waals surface area contributed by atoms with E-state index in [9.17, 15) is 9.18 Å². The van der Waals surface area contributed by atoms with E-state index in [0.717, 1.165) is 22.6 Å². The standard InChI is InChI=1S/C22H23FN2O3/c1-2-27-20-12-8-17(9-13-20)21-14-19(25-28-21)4-3-5-22(26)24-15-16-6-10-18(23)11-7-16/h6-14H,2-5,15H2,1H3,(H,24,26). The van der Waals surface area contributed by atoms with Crippen molar-refractivity contribution >= 4 is 5.91 Å². The number of nitrogens with zero attached hydrogens (tertiary/aromatic N) is 1. The number of carbonyl (C=O) groups excluding carboxylic acids is 1. The van der Waals surface area contributed by atoms with Gasteiger partial charge in [-0.05, 0) is 61.7 Å². The summed E-state index contributed by atoms with van der Waals surface area (Å²) < 4.78 is 23.7. The molecule has 0 aliphatic carbocycles. The first kappa shape index (κ1) is 19.6. The van der Waals surface area contributed by atoms with Gasteiger partial charge in [0.15, 0.2) is 5.76 Å². The van der Waals surface area contributed by atoms with Crippen molar-refractivity contribution in [2.75, 3.05) is 6.61 Å². The summed E-state index contributed by atoms with van der Waals surface area (Å²) in [7, 11) is 0. The average Bonchev–Trinajstić information content (AvgIpc) is 3.17. The van der Waals surface area contributed by atoms with Crippen molar-refractivity contribution in [1.82, 2.24) is 10.5 Å². The Labute approximate surface area is 163 Å². The lowest BCUT2D eigenvalue weighted by atomic mass is 10.1. The first-order valence-electron chi connectivity index (χ1n) is 9.34. The van der Waals surface area contributed by atoms with E-state index in [-0.39, 0.29) is 11.7 Å². The van der Waals surface area contributed by atoms with E-state index in [1.807, 2.05) is 37.3 Å². The van der Waals surface area contributed by atoms with Crippen LogP contribution in [-0.2, 0) is 17.8 Å². The molecule has 0 unspecified atom stereocenters. The van der Waals surface area contributed by atoms with Gasteiger partial charge in [-0.25, -0.2) is 4.39 Å². The summed E-state index contributed by atoms with van der Waals surface area (Å²) in [6.45, 7) is 2.97. The van der Waals surface area contributed by atoms with Gasteiger partial charge < -0.3 is 14.6 Å². The van der Waals surface area contributed by atoms with Crippen LogP contribution >= 0.6 is 0 Å². The summed E-state index contributed by atoms with van der Waals surface area (Å²) in [5, 5.41) is 6.91. The predicted octanol–water partition coefficient (Wildman–Crippen LogP) is 4.52. The molecule has 0 radical (unpaired) electrons. The highest BCUT2D eigenvalue weighted by molar-refractivity contribution is 5.75. The van der Waals surface area contributed by atoms with Gasteiger partial charge in [-0.3, -0.25) is 4.79 Å². The molecular formula is C22H23FN2O3. The molecule has 5 nitrogen and oxygen atoms in total. The fraction of sp³-hybridized carbons (Fsp3) is 0.273. The molecule has 0 saturated carbocycles. The minimum atomic E-state index is -0.285. The Morgan fingerprint density at radius 1 is 1.14 bits per heavy atom. The molecule has 146 valence electrons. The number of ether oxygens (including phenoxy) is 1. The second-order valence-corrected chi connectivity index (χ2v) is 6.40. The van der Waals surface area contributed by atoms with Crippen LogP contribution in [-0.4, -0.2) is 17.7 Å². The van der Waals surface area contributed by atoms with Crippen LogP contribution in [0, 0.1) is 5.82 Å². The minimum Gasteiger partial charge on any atom is -0.494 e. The van der Waals surface area contributed by atoms with Crippen molar-refractivity contribution in [1.29, 1.82) is 0 Å². The molecule has 0 bridgehead atoms. The number of hydrogen-bond donors (Lipinski definition) is 1. The molecule has 1 aromatic heterocycles. The maximum absolute atomic E-state index is 12.9. The van der Waals surface area contributed by atoms with Gasteiger partial charge in [0, 0.05) is 24.6 Å². The lowest BCUT2D eigenvalue weighted by Gasteiger charge is -2.04. The molecule has 28 heavy (non-hydrogen) atoms. The molecule has 1 N–H and O–H groups in total. The van der Waals surface area contributed by atoms with Gasteiger partial charge in [0.2, 0.25) is 5.91 Å². The highest BCUT2D eigenvalue weighted by atomic mass is 19.1. The van der Waals surface area contributed by atoms with Crippen LogP contribution in [0.1, 0.15) is 31.0 Å². The maximum Gasteiger partial charge on any atom is 0.220 e. The number of aryl methyl sites for hydroxylation is 1. The van der Waals surface area contributed by atoms with Gasteiger partial charge in [0.1, 0.15) is 11.6 Å². The van der Waals surface area contributed by atoms with Gasteiger partial charge in [-0.1, -0.05) is 17.3 Å². The Bertz CT molecular complexity index is 889. The first-order chi connectivity index (χ1) is 13.6. The predicted molar refractivity (Wildman–Crippen MR) is 104 cm³/mol. The van der Waals surface area contributed by atoms with Crippen molar-refractivity contribution in [2.45, 2.75) is 32.7 Å². The molecule has 6 heteroatoms. The molecule has 0 saturated heterocycles. The molecule has 3 rings (SSSR count). The van der Waals surface area contributed by atoms with E-state index in [2.05, 4.69) is 10.5 Å². The third-order valence-corrected chi connectivity index (χ3v) is 4.25. The molecule has 0 spiro atoms. The normalized spacial score (nSPS) is 10.6. The van der Waals surface area contributed by atoms with Crippen molar-refractivity contribution in [3.63, 3.8) is 0 Å². The van der Waals surface area contributed by atoms with Crippen LogP contribution < -0.4 is 10.1 Å². The van der Waals surface area contributed by atoms with Crippen LogP contribution in [0.25, 0.3) is 11.3 Å². The van der Waals surface area contributed by atoms with Crippen LogP contribution in [0.5, 0.6) is 5.75 Å². The fourth-order valence-electron chi connectivity index (χ4n) is 2.77. The van der Waals surface area contributed by atoms with Crippen molar-refractivity contribution in [2.24, 2.45) is 0 Å². The monoisotopic (exact) mass is 382 g/mol. The lowest BCUT2D eigenvalue weighted by molar-refractivity contribution is -0.121. The Kier molecular flexibility index (Phi) is 6.78. The zero-order valence-corrected chi connectivity index (χ0v) is 15.8. The average molecular weight is 382 g/mol. The molecular weight excluding hydrogens is 359 g/mol. The number of amides is 1. The third kappa shape index (κ3) is 5.67. The molecule has 0 fully saturated rings. The number of benzene rings is 2. The highest BCUT2D eigenvalue weighted by Crippen LogP contribution is 2.23. The van der Waals surface area contributed by atoms with Gasteiger partial charge in [-0.2, -0.15) is 0 Å². The second kappa shape index (κ2) is 9.69. The van der Waals surface area contributed by atoms with E-state index >= 15 is 0 Å². The van der Waals surface area contributed by atoms with Gasteiger partial charge in [-0.15, -0.1) is 0 Å². The Balaban J connectivity index is 1.42. The van der Waals surface area contributed by atoms with Crippen molar-refractivity contribution in [3.8, 4) is 17.1 Å². The van der Waals surface area contributed by atoms with Gasteiger partial charge in [0.25, 0.3) is 0 Å². The molecule has 1 amide bonds. The van der Waals surface area contributed by atoms with Gasteiger partial charge in [0.05, 0.1) is 12.3 Å². The summed E-state index contributed by atoms with van der Waals surface area (Å²) in [5.74, 6) is 1.18. The zero-order valence-electron chi connectivity index (χ0n) is 15.8. The Morgan fingerprint density at radius 2 is 1.89 bits per heavy atom. The number of halogens is 1. The zero-order chi connectivity index (χ0) is 19.8. The van der Waals surface area contributed by atoms with Gasteiger partial charge >= 0.3 is 0 Å². The Hall–Kier alpha value is -3.15. The Morgan fingerprint density at radius 3 is 2.61 bits per heavy atom. The maximum atomic E-state index is 12.9. The summed E-state index contributed by atoms with van der Waals surface area (Å²) in [6, 6.07) is 15.6. The molecule has 1 heterocycles. The fourth-order valence-corrected chi connectivity index (χ4v) is 2.77. The third-order valence-electron chi connectivity index (χ3n) is 4.25. The number of aromatic nitrogens is 1. The van der Waals surface area contributed by atoms with E-state index in [1.54, 1.807) is 12.1 Å². The van der Waals surface area contributed by atoms with E-state index in [4.69, 9.17) is 9.26 Å². The second-order valence-electron chi connectivity index (χ2n) is 6.40. The topological polar surface area (TPSA) is 64.4 Å². The van der Waals surface area contributed by atoms with E-state index in [1.165, 1.54) is 12.1 Å². The molecule has 0 aliphatic rings. The summed E-state index contributed by atoms with van der Waals surface area (Å²) >= 11 is 0. The largest absolute Gasteiger partial charge is 0.494 e. The highest BCUT2D eigenvalue weighted by Gasteiger charge is 2.08. The molecule has 3 aromatic rings. The number of rotatable bonds is 9. The van der Waals surface area contributed by atoms with Crippen molar-refractivity contribution < 1.29 is 18.4 Å². The van der Waals surface area contributed by atoms with Crippen LogP contribution in [0.2, 0.25) is 0 Å². The van der Waals surface area contributed by atoms with Crippen LogP contribution in [0.4, 0.5) is 4.39 Å². The summed E-state index contributed by atoms with van der Waals surface area (Å²) in [6.07, 6.45) is 1.72. The summed E-state index contributed by atoms with van der Waals surface area (Å²) in [5.41, 5.74) is 2.61.